The topological polar surface area (TPSA) is 91.3 Å². The Morgan fingerprint density at radius 2 is 2.05 bits per heavy atom. The van der Waals surface area contributed by atoms with Crippen LogP contribution in [0.25, 0.3) is 0 Å². The lowest BCUT2D eigenvalue weighted by molar-refractivity contribution is -0.385. The fourth-order valence-corrected chi connectivity index (χ4v) is 1.81. The number of rotatable bonds is 4. The van der Waals surface area contributed by atoms with Gasteiger partial charge in [-0.15, -0.1) is 0 Å². The lowest BCUT2D eigenvalue weighted by atomic mass is 10.1. The summed E-state index contributed by atoms with van der Waals surface area (Å²) in [7, 11) is 0. The zero-order valence-corrected chi connectivity index (χ0v) is 11.3. The summed E-state index contributed by atoms with van der Waals surface area (Å²) in [5.41, 5.74) is 7.79. The van der Waals surface area contributed by atoms with Crippen molar-refractivity contribution in [3.05, 3.63) is 57.3 Å². The quantitative estimate of drug-likeness (QED) is 0.683. The average Bonchev–Trinajstić information content (AvgIpc) is 2.41. The Kier molecular flexibility index (Phi) is 3.84. The van der Waals surface area contributed by atoms with Crippen LogP contribution in [0.2, 0.25) is 0 Å². The summed E-state index contributed by atoms with van der Waals surface area (Å²) >= 11 is 0. The summed E-state index contributed by atoms with van der Waals surface area (Å²) in [6, 6.07) is 6.73. The van der Waals surface area contributed by atoms with E-state index in [-0.39, 0.29) is 5.69 Å². The Balaban J connectivity index is 2.16. The van der Waals surface area contributed by atoms with E-state index < -0.39 is 4.92 Å². The minimum absolute atomic E-state index is 0.101. The van der Waals surface area contributed by atoms with Crippen LogP contribution in [0, 0.1) is 24.0 Å². The Hall–Kier alpha value is -2.63. The molecular weight excluding hydrogens is 258 g/mol. The summed E-state index contributed by atoms with van der Waals surface area (Å²) in [6.07, 6.45) is 1.64. The molecule has 0 unspecified atom stereocenters. The number of nitro groups is 1. The third kappa shape index (κ3) is 3.03. The Bertz CT molecular complexity index is 639. The van der Waals surface area contributed by atoms with Gasteiger partial charge < -0.3 is 10.5 Å². The maximum Gasteiger partial charge on any atom is 0.272 e. The van der Waals surface area contributed by atoms with Crippen molar-refractivity contribution < 1.29 is 9.66 Å². The van der Waals surface area contributed by atoms with Gasteiger partial charge in [-0.1, -0.05) is 6.07 Å². The van der Waals surface area contributed by atoms with Gasteiger partial charge >= 0.3 is 0 Å². The predicted molar refractivity (Wildman–Crippen MR) is 75.6 cm³/mol. The van der Waals surface area contributed by atoms with Crippen LogP contribution >= 0.6 is 0 Å². The molecule has 0 aliphatic rings. The summed E-state index contributed by atoms with van der Waals surface area (Å²) in [6.45, 7) is 3.81. The minimum atomic E-state index is -0.393. The highest BCUT2D eigenvalue weighted by molar-refractivity contribution is 5.49. The fraction of sp³-hybridized carbons (Fsp3) is 0.214. The molecule has 0 bridgehead atoms. The Morgan fingerprint density at radius 1 is 1.30 bits per heavy atom. The van der Waals surface area contributed by atoms with Gasteiger partial charge in [-0.2, -0.15) is 0 Å². The lowest BCUT2D eigenvalue weighted by Gasteiger charge is -2.10. The van der Waals surface area contributed by atoms with E-state index in [1.165, 1.54) is 6.07 Å². The van der Waals surface area contributed by atoms with Crippen molar-refractivity contribution in [2.24, 2.45) is 0 Å². The van der Waals surface area contributed by atoms with Crippen molar-refractivity contribution >= 4 is 11.5 Å². The van der Waals surface area contributed by atoms with Gasteiger partial charge in [0.25, 0.3) is 5.69 Å². The van der Waals surface area contributed by atoms with Crippen LogP contribution in [0.1, 0.15) is 16.7 Å². The molecule has 1 heterocycles. The number of ether oxygens (including phenoxy) is 1. The molecule has 0 spiro atoms. The van der Waals surface area contributed by atoms with Crippen LogP contribution in [0.3, 0.4) is 0 Å². The number of nitrogen functional groups attached to an aromatic ring is 1. The molecule has 2 aromatic rings. The van der Waals surface area contributed by atoms with E-state index in [1.807, 2.05) is 6.07 Å². The van der Waals surface area contributed by atoms with E-state index in [2.05, 4.69) is 4.98 Å². The minimum Gasteiger partial charge on any atom is -0.489 e. The van der Waals surface area contributed by atoms with E-state index in [9.17, 15) is 10.1 Å². The smallest absolute Gasteiger partial charge is 0.272 e. The summed E-state index contributed by atoms with van der Waals surface area (Å²) in [5, 5.41) is 10.8. The highest BCUT2D eigenvalue weighted by Crippen LogP contribution is 2.28. The van der Waals surface area contributed by atoms with Gasteiger partial charge in [-0.25, -0.2) is 4.98 Å². The average molecular weight is 273 g/mol. The normalized spacial score (nSPS) is 10.3. The first-order valence-corrected chi connectivity index (χ1v) is 6.06. The van der Waals surface area contributed by atoms with E-state index in [1.54, 1.807) is 32.2 Å². The number of pyridine rings is 1. The van der Waals surface area contributed by atoms with Crippen LogP contribution in [-0.4, -0.2) is 9.91 Å². The molecule has 0 atom stereocenters. The molecule has 1 aromatic heterocycles. The van der Waals surface area contributed by atoms with Crippen LogP contribution in [-0.2, 0) is 6.61 Å². The molecule has 2 N–H and O–H groups in total. The number of nitrogens with two attached hydrogens (primary N) is 1. The second kappa shape index (κ2) is 5.56. The standard InChI is InChI=1S/C14H15N3O3/c1-9-6-13(10(2)5-12(9)17(18)19)20-8-11-3-4-14(15)16-7-11/h3-7H,8H2,1-2H3,(H2,15,16). The number of anilines is 1. The van der Waals surface area contributed by atoms with Gasteiger partial charge in [-0.3, -0.25) is 10.1 Å². The molecule has 0 radical (unpaired) electrons. The second-order valence-electron chi connectivity index (χ2n) is 4.54. The number of benzene rings is 1. The molecule has 1 aromatic carbocycles. The molecular formula is C14H15N3O3. The molecule has 6 heteroatoms. The first kappa shape index (κ1) is 13.8. The van der Waals surface area contributed by atoms with Gasteiger partial charge in [0.1, 0.15) is 18.2 Å². The third-order valence-electron chi connectivity index (χ3n) is 2.93. The molecule has 0 saturated heterocycles. The van der Waals surface area contributed by atoms with E-state index in [0.29, 0.717) is 23.7 Å². The Morgan fingerprint density at radius 3 is 2.65 bits per heavy atom. The first-order chi connectivity index (χ1) is 9.47. The van der Waals surface area contributed by atoms with Crippen molar-refractivity contribution in [3.8, 4) is 5.75 Å². The molecule has 0 aliphatic carbocycles. The van der Waals surface area contributed by atoms with Crippen molar-refractivity contribution in [3.63, 3.8) is 0 Å². The SMILES string of the molecule is Cc1cc([N+](=O)[O-])c(C)cc1OCc1ccc(N)nc1. The number of aromatic nitrogens is 1. The van der Waals surface area contributed by atoms with E-state index >= 15 is 0 Å². The van der Waals surface area contributed by atoms with Crippen molar-refractivity contribution in [2.75, 3.05) is 5.73 Å². The third-order valence-corrected chi connectivity index (χ3v) is 2.93. The molecule has 104 valence electrons. The maximum absolute atomic E-state index is 10.8. The van der Waals surface area contributed by atoms with Crippen LogP contribution in [0.15, 0.2) is 30.5 Å². The first-order valence-electron chi connectivity index (χ1n) is 6.06. The summed E-state index contributed by atoms with van der Waals surface area (Å²) in [4.78, 5) is 14.4. The van der Waals surface area contributed by atoms with E-state index in [0.717, 1.165) is 11.1 Å². The van der Waals surface area contributed by atoms with Gasteiger partial charge in [0, 0.05) is 23.4 Å². The van der Waals surface area contributed by atoms with Crippen LogP contribution < -0.4 is 10.5 Å². The highest BCUT2D eigenvalue weighted by atomic mass is 16.6. The molecule has 2 rings (SSSR count). The molecule has 0 fully saturated rings. The number of hydrogen-bond donors (Lipinski definition) is 1. The number of nitro benzene ring substituents is 1. The van der Waals surface area contributed by atoms with Gasteiger partial charge in [0.2, 0.25) is 0 Å². The number of hydrogen-bond acceptors (Lipinski definition) is 5. The van der Waals surface area contributed by atoms with Gasteiger partial charge in [-0.05, 0) is 31.5 Å². The van der Waals surface area contributed by atoms with Crippen LogP contribution in [0.5, 0.6) is 5.75 Å². The monoisotopic (exact) mass is 273 g/mol. The van der Waals surface area contributed by atoms with Gasteiger partial charge in [0.05, 0.1) is 4.92 Å². The summed E-state index contributed by atoms with van der Waals surface area (Å²) < 4.78 is 5.67. The van der Waals surface area contributed by atoms with Gasteiger partial charge in [0.15, 0.2) is 0 Å². The Labute approximate surface area is 116 Å². The predicted octanol–water partition coefficient (Wildman–Crippen LogP) is 2.77. The largest absolute Gasteiger partial charge is 0.489 e. The molecule has 0 amide bonds. The zero-order valence-electron chi connectivity index (χ0n) is 11.3. The van der Waals surface area contributed by atoms with Crippen molar-refractivity contribution in [2.45, 2.75) is 20.5 Å². The zero-order chi connectivity index (χ0) is 14.7. The summed E-state index contributed by atoms with van der Waals surface area (Å²) in [5.74, 6) is 1.08. The molecule has 0 aliphatic heterocycles. The van der Waals surface area contributed by atoms with Crippen molar-refractivity contribution in [1.29, 1.82) is 0 Å². The maximum atomic E-state index is 10.8. The number of aryl methyl sites for hydroxylation is 2. The lowest BCUT2D eigenvalue weighted by Crippen LogP contribution is -2.00. The molecule has 6 nitrogen and oxygen atoms in total. The van der Waals surface area contributed by atoms with Crippen molar-refractivity contribution in [1.82, 2.24) is 4.98 Å². The van der Waals surface area contributed by atoms with E-state index in [4.69, 9.17) is 10.5 Å². The molecule has 20 heavy (non-hydrogen) atoms. The molecule has 0 saturated carbocycles. The van der Waals surface area contributed by atoms with Crippen LogP contribution in [0.4, 0.5) is 11.5 Å². The number of nitrogens with zero attached hydrogens (tertiary/aromatic N) is 2. The fourth-order valence-electron chi connectivity index (χ4n) is 1.81. The highest BCUT2D eigenvalue weighted by Gasteiger charge is 2.14. The second-order valence-corrected chi connectivity index (χ2v) is 4.54.